The number of carbonyl (C=O) groups is 1. The van der Waals surface area contributed by atoms with Gasteiger partial charge >= 0.3 is 6.03 Å². The first-order chi connectivity index (χ1) is 14.1. The molecule has 1 saturated heterocycles. The van der Waals surface area contributed by atoms with Crippen LogP contribution >= 0.6 is 0 Å². The molecule has 1 heterocycles. The van der Waals surface area contributed by atoms with Crippen LogP contribution in [-0.4, -0.2) is 63.3 Å². The van der Waals surface area contributed by atoms with Crippen molar-refractivity contribution in [2.75, 3.05) is 47.5 Å². The average Bonchev–Trinajstić information content (AvgIpc) is 2.78. The van der Waals surface area contributed by atoms with Crippen molar-refractivity contribution in [2.24, 2.45) is 0 Å². The molecule has 7 heteroatoms. The Balaban J connectivity index is 1.45. The number of rotatable bonds is 7. The zero-order valence-electron chi connectivity index (χ0n) is 17.3. The molecule has 3 rings (SSSR count). The van der Waals surface area contributed by atoms with E-state index in [9.17, 15) is 4.79 Å². The molecule has 0 saturated carbocycles. The third-order valence-corrected chi connectivity index (χ3v) is 5.12. The quantitative estimate of drug-likeness (QED) is 0.776. The second kappa shape index (κ2) is 10.0. The van der Waals surface area contributed by atoms with Crippen molar-refractivity contribution in [2.45, 2.75) is 13.1 Å². The van der Waals surface area contributed by atoms with Gasteiger partial charge in [0.2, 0.25) is 0 Å². The molecule has 0 spiro atoms. The highest BCUT2D eigenvalue weighted by Crippen LogP contribution is 2.28. The molecule has 0 aliphatic carbocycles. The van der Waals surface area contributed by atoms with Crippen molar-refractivity contribution in [3.8, 4) is 17.2 Å². The van der Waals surface area contributed by atoms with E-state index in [0.29, 0.717) is 19.6 Å². The van der Waals surface area contributed by atoms with Crippen molar-refractivity contribution >= 4 is 6.03 Å². The van der Waals surface area contributed by atoms with Gasteiger partial charge < -0.3 is 24.4 Å². The standard InChI is InChI=1S/C22H29N3O4/c1-27-19-7-4-17(5-8-19)15-23-22(26)25-12-10-24(11-13-25)16-18-6-9-20(28-2)21(14-18)29-3/h4-9,14H,10-13,15-16H2,1-3H3,(H,23,26). The molecule has 2 aromatic rings. The molecule has 0 bridgehead atoms. The maximum Gasteiger partial charge on any atom is 0.317 e. The van der Waals surface area contributed by atoms with E-state index in [-0.39, 0.29) is 6.03 Å². The average molecular weight is 399 g/mol. The molecule has 2 aromatic carbocycles. The van der Waals surface area contributed by atoms with E-state index >= 15 is 0 Å². The molecule has 1 aliphatic heterocycles. The molecule has 2 amide bonds. The summed E-state index contributed by atoms with van der Waals surface area (Å²) in [5.74, 6) is 2.28. The Morgan fingerprint density at radius 3 is 2.14 bits per heavy atom. The number of carbonyl (C=O) groups excluding carboxylic acids is 1. The van der Waals surface area contributed by atoms with Crippen LogP contribution in [0.4, 0.5) is 4.79 Å². The van der Waals surface area contributed by atoms with Gasteiger partial charge in [-0.2, -0.15) is 0 Å². The Bertz CT molecular complexity index is 802. The Kier molecular flexibility index (Phi) is 7.19. The van der Waals surface area contributed by atoms with Crippen molar-refractivity contribution in [3.63, 3.8) is 0 Å². The number of benzene rings is 2. The van der Waals surface area contributed by atoms with Crippen LogP contribution in [0.1, 0.15) is 11.1 Å². The van der Waals surface area contributed by atoms with Crippen LogP contribution in [0.2, 0.25) is 0 Å². The van der Waals surface area contributed by atoms with Crippen LogP contribution in [0.5, 0.6) is 17.2 Å². The summed E-state index contributed by atoms with van der Waals surface area (Å²) in [6.07, 6.45) is 0. The first kappa shape index (κ1) is 20.8. The number of urea groups is 1. The van der Waals surface area contributed by atoms with Crippen molar-refractivity contribution in [1.29, 1.82) is 0 Å². The van der Waals surface area contributed by atoms with Gasteiger partial charge in [-0.1, -0.05) is 18.2 Å². The van der Waals surface area contributed by atoms with Crippen LogP contribution in [0.25, 0.3) is 0 Å². The number of nitrogens with one attached hydrogen (secondary N) is 1. The number of hydrogen-bond donors (Lipinski definition) is 1. The third kappa shape index (κ3) is 5.54. The van der Waals surface area contributed by atoms with Crippen molar-refractivity contribution in [3.05, 3.63) is 53.6 Å². The van der Waals surface area contributed by atoms with Gasteiger partial charge in [0, 0.05) is 39.3 Å². The first-order valence-electron chi connectivity index (χ1n) is 9.72. The van der Waals surface area contributed by atoms with E-state index in [0.717, 1.165) is 42.4 Å². The highest BCUT2D eigenvalue weighted by Gasteiger charge is 2.21. The summed E-state index contributed by atoms with van der Waals surface area (Å²) < 4.78 is 15.8. The Hall–Kier alpha value is -2.93. The minimum Gasteiger partial charge on any atom is -0.497 e. The smallest absolute Gasteiger partial charge is 0.317 e. The Labute approximate surface area is 172 Å². The van der Waals surface area contributed by atoms with Crippen LogP contribution in [0.15, 0.2) is 42.5 Å². The molecular weight excluding hydrogens is 370 g/mol. The zero-order chi connectivity index (χ0) is 20.6. The van der Waals surface area contributed by atoms with Crippen LogP contribution in [0, 0.1) is 0 Å². The lowest BCUT2D eigenvalue weighted by Crippen LogP contribution is -2.51. The molecule has 156 valence electrons. The minimum atomic E-state index is -0.0217. The molecule has 0 aromatic heterocycles. The number of nitrogens with zero attached hydrogens (tertiary/aromatic N) is 2. The maximum atomic E-state index is 12.5. The minimum absolute atomic E-state index is 0.0217. The van der Waals surface area contributed by atoms with E-state index in [1.165, 1.54) is 5.56 Å². The number of hydrogen-bond acceptors (Lipinski definition) is 5. The van der Waals surface area contributed by atoms with E-state index in [2.05, 4.69) is 16.3 Å². The van der Waals surface area contributed by atoms with Crippen LogP contribution in [0.3, 0.4) is 0 Å². The fourth-order valence-electron chi connectivity index (χ4n) is 3.38. The summed E-state index contributed by atoms with van der Waals surface area (Å²) in [6.45, 7) is 4.43. The Morgan fingerprint density at radius 1 is 0.862 bits per heavy atom. The predicted molar refractivity (Wildman–Crippen MR) is 112 cm³/mol. The lowest BCUT2D eigenvalue weighted by molar-refractivity contribution is 0.135. The molecule has 1 N–H and O–H groups in total. The molecule has 7 nitrogen and oxygen atoms in total. The third-order valence-electron chi connectivity index (χ3n) is 5.12. The Morgan fingerprint density at radius 2 is 1.52 bits per heavy atom. The van der Waals surface area contributed by atoms with Gasteiger partial charge in [-0.05, 0) is 35.4 Å². The van der Waals surface area contributed by atoms with Crippen molar-refractivity contribution in [1.82, 2.24) is 15.1 Å². The topological polar surface area (TPSA) is 63.3 Å². The van der Waals surface area contributed by atoms with E-state index in [1.54, 1.807) is 21.3 Å². The van der Waals surface area contributed by atoms with Gasteiger partial charge in [-0.3, -0.25) is 4.90 Å². The fraction of sp³-hybridized carbons (Fsp3) is 0.409. The number of amides is 2. The molecule has 1 aliphatic rings. The van der Waals surface area contributed by atoms with Gasteiger partial charge in [-0.15, -0.1) is 0 Å². The first-order valence-corrected chi connectivity index (χ1v) is 9.72. The SMILES string of the molecule is COc1ccc(CNC(=O)N2CCN(Cc3ccc(OC)c(OC)c3)CC2)cc1. The van der Waals surface area contributed by atoms with E-state index < -0.39 is 0 Å². The largest absolute Gasteiger partial charge is 0.497 e. The highest BCUT2D eigenvalue weighted by atomic mass is 16.5. The lowest BCUT2D eigenvalue weighted by atomic mass is 10.1. The summed E-state index contributed by atoms with van der Waals surface area (Å²) in [4.78, 5) is 16.7. The number of piperazine rings is 1. The monoisotopic (exact) mass is 399 g/mol. The number of methoxy groups -OCH3 is 3. The van der Waals surface area contributed by atoms with E-state index in [1.807, 2.05) is 41.3 Å². The molecule has 0 atom stereocenters. The number of ether oxygens (including phenoxy) is 3. The second-order valence-electron chi connectivity index (χ2n) is 6.96. The summed E-state index contributed by atoms with van der Waals surface area (Å²) in [7, 11) is 4.92. The molecular formula is C22H29N3O4. The van der Waals surface area contributed by atoms with Gasteiger partial charge in [0.1, 0.15) is 5.75 Å². The molecule has 29 heavy (non-hydrogen) atoms. The maximum absolute atomic E-state index is 12.5. The summed E-state index contributed by atoms with van der Waals surface area (Å²) in [5.41, 5.74) is 2.21. The van der Waals surface area contributed by atoms with Gasteiger partial charge in [0.25, 0.3) is 0 Å². The molecule has 1 fully saturated rings. The summed E-state index contributed by atoms with van der Waals surface area (Å²) in [6, 6.07) is 13.7. The summed E-state index contributed by atoms with van der Waals surface area (Å²) >= 11 is 0. The van der Waals surface area contributed by atoms with E-state index in [4.69, 9.17) is 14.2 Å². The highest BCUT2D eigenvalue weighted by molar-refractivity contribution is 5.74. The zero-order valence-corrected chi connectivity index (χ0v) is 17.3. The van der Waals surface area contributed by atoms with Crippen molar-refractivity contribution < 1.29 is 19.0 Å². The molecule has 0 radical (unpaired) electrons. The fourth-order valence-corrected chi connectivity index (χ4v) is 3.38. The van der Waals surface area contributed by atoms with Gasteiger partial charge in [-0.25, -0.2) is 4.79 Å². The van der Waals surface area contributed by atoms with Gasteiger partial charge in [0.05, 0.1) is 21.3 Å². The normalized spacial score (nSPS) is 14.4. The summed E-state index contributed by atoms with van der Waals surface area (Å²) in [5, 5.41) is 3.00. The predicted octanol–water partition coefficient (Wildman–Crippen LogP) is 2.74. The van der Waals surface area contributed by atoms with Crippen LogP contribution in [-0.2, 0) is 13.1 Å². The second-order valence-corrected chi connectivity index (χ2v) is 6.96. The lowest BCUT2D eigenvalue weighted by Gasteiger charge is -2.34. The molecule has 0 unspecified atom stereocenters. The van der Waals surface area contributed by atoms with Gasteiger partial charge in [0.15, 0.2) is 11.5 Å². The van der Waals surface area contributed by atoms with Crippen LogP contribution < -0.4 is 19.5 Å².